The number of rotatable bonds is 9. The molecule has 0 bridgehead atoms. The maximum Gasteiger partial charge on any atom is 0.242 e. The van der Waals surface area contributed by atoms with E-state index in [1.165, 1.54) is 32.5 Å². The fourth-order valence-electron chi connectivity index (χ4n) is 3.37. The van der Waals surface area contributed by atoms with Gasteiger partial charge in [0.15, 0.2) is 5.96 Å². The topological polar surface area (TPSA) is 51.2 Å². The number of likely N-dealkylation sites (tertiary alicyclic amines) is 1. The highest BCUT2D eigenvalue weighted by Crippen LogP contribution is 2.20. The van der Waals surface area contributed by atoms with Crippen molar-refractivity contribution in [1.29, 1.82) is 0 Å². The zero-order chi connectivity index (χ0) is 18.7. The van der Waals surface area contributed by atoms with Crippen molar-refractivity contribution in [2.24, 2.45) is 10.9 Å². The molecule has 1 aliphatic rings. The number of likely N-dealkylation sites (N-methyl/N-ethyl adjacent to an activating group) is 2. The van der Waals surface area contributed by atoms with Crippen LogP contribution in [0.25, 0.3) is 0 Å². The molecule has 1 amide bonds. The number of guanidine groups is 1. The number of nitrogens with zero attached hydrogens (tertiary/aromatic N) is 4. The van der Waals surface area contributed by atoms with Crippen molar-refractivity contribution < 1.29 is 4.79 Å². The Labute approximate surface area is 177 Å². The molecular formula is C19H40IN5O. The summed E-state index contributed by atoms with van der Waals surface area (Å²) in [7, 11) is 1.95. The molecule has 0 aromatic carbocycles. The Morgan fingerprint density at radius 1 is 1.15 bits per heavy atom. The van der Waals surface area contributed by atoms with Crippen LogP contribution in [0.4, 0.5) is 0 Å². The van der Waals surface area contributed by atoms with E-state index < -0.39 is 0 Å². The van der Waals surface area contributed by atoms with E-state index in [1.54, 1.807) is 0 Å². The molecule has 6 nitrogen and oxygen atoms in total. The summed E-state index contributed by atoms with van der Waals surface area (Å²) < 4.78 is 0. The van der Waals surface area contributed by atoms with Gasteiger partial charge in [-0.25, -0.2) is 0 Å². The number of hydrogen-bond acceptors (Lipinski definition) is 3. The lowest BCUT2D eigenvalue weighted by atomic mass is 9.94. The summed E-state index contributed by atoms with van der Waals surface area (Å²) in [5.41, 5.74) is 0. The van der Waals surface area contributed by atoms with Crippen LogP contribution in [0.2, 0.25) is 0 Å². The molecule has 0 unspecified atom stereocenters. The lowest BCUT2D eigenvalue weighted by molar-refractivity contribution is -0.131. The molecule has 1 rings (SSSR count). The Morgan fingerprint density at radius 3 is 2.27 bits per heavy atom. The second-order valence-corrected chi connectivity index (χ2v) is 6.82. The van der Waals surface area contributed by atoms with E-state index in [1.807, 2.05) is 30.7 Å². The van der Waals surface area contributed by atoms with E-state index in [0.29, 0.717) is 6.54 Å². The molecule has 154 valence electrons. The second kappa shape index (κ2) is 14.5. The molecule has 0 saturated carbocycles. The summed E-state index contributed by atoms with van der Waals surface area (Å²) in [5, 5.41) is 3.31. The summed E-state index contributed by atoms with van der Waals surface area (Å²) in [5.74, 6) is 1.79. The highest BCUT2D eigenvalue weighted by atomic mass is 127. The number of carbonyl (C=O) groups excluding carboxylic acids is 1. The Morgan fingerprint density at radius 2 is 1.77 bits per heavy atom. The van der Waals surface area contributed by atoms with Crippen molar-refractivity contribution in [3.63, 3.8) is 0 Å². The first-order chi connectivity index (χ1) is 12.0. The van der Waals surface area contributed by atoms with Crippen molar-refractivity contribution >= 4 is 35.8 Å². The minimum absolute atomic E-state index is 0. The van der Waals surface area contributed by atoms with Crippen LogP contribution in [-0.2, 0) is 4.79 Å². The first kappa shape index (κ1) is 25.4. The van der Waals surface area contributed by atoms with Gasteiger partial charge < -0.3 is 20.0 Å². The van der Waals surface area contributed by atoms with Crippen LogP contribution in [0.15, 0.2) is 4.99 Å². The van der Waals surface area contributed by atoms with E-state index >= 15 is 0 Å². The van der Waals surface area contributed by atoms with Gasteiger partial charge in [-0.2, -0.15) is 0 Å². The Hall–Kier alpha value is -0.570. The number of nitrogens with one attached hydrogen (secondary N) is 1. The molecule has 26 heavy (non-hydrogen) atoms. The average molecular weight is 481 g/mol. The third-order valence-electron chi connectivity index (χ3n) is 5.14. The molecule has 0 aromatic heterocycles. The van der Waals surface area contributed by atoms with Crippen molar-refractivity contribution in [1.82, 2.24) is 20.0 Å². The average Bonchev–Trinajstić information content (AvgIpc) is 2.62. The molecule has 0 aliphatic carbocycles. The van der Waals surface area contributed by atoms with E-state index in [-0.39, 0.29) is 29.9 Å². The largest absolute Gasteiger partial charge is 0.357 e. The molecule has 1 N–H and O–H groups in total. The second-order valence-electron chi connectivity index (χ2n) is 6.82. The first-order valence-corrected chi connectivity index (χ1v) is 10.0. The van der Waals surface area contributed by atoms with Gasteiger partial charge in [0.05, 0.1) is 6.54 Å². The molecule has 1 aliphatic heterocycles. The number of piperidine rings is 1. The molecule has 0 spiro atoms. The van der Waals surface area contributed by atoms with Crippen LogP contribution in [0.3, 0.4) is 0 Å². The van der Waals surface area contributed by atoms with Gasteiger partial charge in [-0.1, -0.05) is 6.92 Å². The van der Waals surface area contributed by atoms with E-state index in [2.05, 4.69) is 24.1 Å². The van der Waals surface area contributed by atoms with Crippen LogP contribution in [-0.4, -0.2) is 86.0 Å². The van der Waals surface area contributed by atoms with Crippen molar-refractivity contribution in [2.75, 3.05) is 59.4 Å². The predicted octanol–water partition coefficient (Wildman–Crippen LogP) is 2.49. The van der Waals surface area contributed by atoms with Crippen LogP contribution >= 0.6 is 24.0 Å². The van der Waals surface area contributed by atoms with E-state index in [9.17, 15) is 4.79 Å². The lowest BCUT2D eigenvalue weighted by Crippen LogP contribution is -2.45. The van der Waals surface area contributed by atoms with E-state index in [0.717, 1.165) is 44.5 Å². The van der Waals surface area contributed by atoms with Gasteiger partial charge in [0.2, 0.25) is 5.91 Å². The molecule has 0 radical (unpaired) electrons. The number of aliphatic imine (C=N–C) groups is 1. The van der Waals surface area contributed by atoms with Crippen molar-refractivity contribution in [2.45, 2.75) is 47.0 Å². The molecule has 1 fully saturated rings. The number of halogens is 1. The third kappa shape index (κ3) is 8.88. The maximum absolute atomic E-state index is 12.3. The summed E-state index contributed by atoms with van der Waals surface area (Å²) in [6.07, 6.45) is 3.72. The standard InChI is InChI=1S/C19H39N5O.HI/c1-6-20-19(22(5)16-18(25)24(8-3)9-4)21-13-10-17-11-14-23(7-2)15-12-17;/h17H,6-16H2,1-5H3,(H,20,21);1H. The van der Waals surface area contributed by atoms with Crippen LogP contribution in [0.5, 0.6) is 0 Å². The molecular weight excluding hydrogens is 441 g/mol. The minimum atomic E-state index is 0. The van der Waals surface area contributed by atoms with Gasteiger partial charge in [0.1, 0.15) is 0 Å². The third-order valence-corrected chi connectivity index (χ3v) is 5.14. The molecule has 1 heterocycles. The molecule has 7 heteroatoms. The number of carbonyl (C=O) groups is 1. The van der Waals surface area contributed by atoms with Gasteiger partial charge in [-0.15, -0.1) is 24.0 Å². The maximum atomic E-state index is 12.3. The van der Waals surface area contributed by atoms with Crippen LogP contribution < -0.4 is 5.32 Å². The summed E-state index contributed by atoms with van der Waals surface area (Å²) in [6, 6.07) is 0. The molecule has 0 aromatic rings. The van der Waals surface area contributed by atoms with Gasteiger partial charge in [0, 0.05) is 33.2 Å². The smallest absolute Gasteiger partial charge is 0.242 e. The number of amides is 1. The van der Waals surface area contributed by atoms with Gasteiger partial charge in [-0.3, -0.25) is 9.79 Å². The van der Waals surface area contributed by atoms with Gasteiger partial charge in [-0.05, 0) is 65.6 Å². The zero-order valence-corrected chi connectivity index (χ0v) is 19.8. The molecule has 0 atom stereocenters. The monoisotopic (exact) mass is 481 g/mol. The minimum Gasteiger partial charge on any atom is -0.357 e. The van der Waals surface area contributed by atoms with Gasteiger partial charge in [0.25, 0.3) is 0 Å². The highest BCUT2D eigenvalue weighted by molar-refractivity contribution is 14.0. The Kier molecular flexibility index (Phi) is 14.2. The van der Waals surface area contributed by atoms with Gasteiger partial charge >= 0.3 is 0 Å². The van der Waals surface area contributed by atoms with Crippen LogP contribution in [0, 0.1) is 5.92 Å². The summed E-state index contributed by atoms with van der Waals surface area (Å²) in [6.45, 7) is 15.5. The Balaban J connectivity index is 0.00000625. The van der Waals surface area contributed by atoms with Crippen molar-refractivity contribution in [3.8, 4) is 0 Å². The quantitative estimate of drug-likeness (QED) is 0.313. The fourth-order valence-corrected chi connectivity index (χ4v) is 3.37. The van der Waals surface area contributed by atoms with E-state index in [4.69, 9.17) is 4.99 Å². The summed E-state index contributed by atoms with van der Waals surface area (Å²) >= 11 is 0. The lowest BCUT2D eigenvalue weighted by Gasteiger charge is -2.30. The fraction of sp³-hybridized carbons (Fsp3) is 0.895. The number of hydrogen-bond donors (Lipinski definition) is 1. The normalized spacial score (nSPS) is 16.1. The highest BCUT2D eigenvalue weighted by Gasteiger charge is 2.18. The van der Waals surface area contributed by atoms with Crippen LogP contribution in [0.1, 0.15) is 47.0 Å². The molecule has 1 saturated heterocycles. The summed E-state index contributed by atoms with van der Waals surface area (Å²) in [4.78, 5) is 23.4. The predicted molar refractivity (Wildman–Crippen MR) is 121 cm³/mol. The van der Waals surface area contributed by atoms with Crippen molar-refractivity contribution in [3.05, 3.63) is 0 Å². The zero-order valence-electron chi connectivity index (χ0n) is 17.5. The Bertz CT molecular complexity index is 407. The first-order valence-electron chi connectivity index (χ1n) is 10.0. The SMILES string of the molecule is CCNC(=NCCC1CCN(CC)CC1)N(C)CC(=O)N(CC)CC.I.